The van der Waals surface area contributed by atoms with Crippen LogP contribution in [-0.2, 0) is 9.47 Å². The number of ether oxygens (including phenoxy) is 2. The maximum absolute atomic E-state index is 6.21. The van der Waals surface area contributed by atoms with Crippen molar-refractivity contribution in [3.8, 4) is 11.5 Å². The first kappa shape index (κ1) is 15.1. The molecule has 2 fully saturated rings. The van der Waals surface area contributed by atoms with Crippen LogP contribution in [0.2, 0.25) is 0 Å². The van der Waals surface area contributed by atoms with Gasteiger partial charge in [-0.3, -0.25) is 0 Å². The third-order valence-corrected chi connectivity index (χ3v) is 5.58. The minimum atomic E-state index is -0.0274. The number of pyridine rings is 1. The molecule has 5 heterocycles. The topological polar surface area (TPSA) is 53.6 Å². The fourth-order valence-corrected chi connectivity index (χ4v) is 4.26. The lowest BCUT2D eigenvalue weighted by molar-refractivity contribution is -0.144. The highest BCUT2D eigenvalue weighted by Crippen LogP contribution is 2.40. The minimum absolute atomic E-state index is 0.0274. The molecular formula is C19H22N4O2. The Labute approximate surface area is 146 Å². The predicted octanol–water partition coefficient (Wildman–Crippen LogP) is 3.10. The summed E-state index contributed by atoms with van der Waals surface area (Å²) in [6.45, 7) is 2.40. The smallest absolute Gasteiger partial charge is 0.158 e. The zero-order valence-corrected chi connectivity index (χ0v) is 14.2. The van der Waals surface area contributed by atoms with Crippen LogP contribution >= 0.6 is 0 Å². The lowest BCUT2D eigenvalue weighted by Crippen LogP contribution is -2.44. The highest BCUT2D eigenvalue weighted by atomic mass is 16.5. The molecule has 1 atom stereocenters. The van der Waals surface area contributed by atoms with Crippen LogP contribution in [-0.4, -0.2) is 44.6 Å². The van der Waals surface area contributed by atoms with Gasteiger partial charge in [0.25, 0.3) is 0 Å². The summed E-state index contributed by atoms with van der Waals surface area (Å²) in [5.41, 5.74) is 2.08. The van der Waals surface area contributed by atoms with Crippen LogP contribution < -0.4 is 0 Å². The molecular weight excluding hydrogens is 316 g/mol. The summed E-state index contributed by atoms with van der Waals surface area (Å²) in [7, 11) is 0. The Morgan fingerprint density at radius 3 is 2.92 bits per heavy atom. The van der Waals surface area contributed by atoms with Gasteiger partial charge in [0.2, 0.25) is 0 Å². The second-order valence-corrected chi connectivity index (χ2v) is 7.03. The summed E-state index contributed by atoms with van der Waals surface area (Å²) in [5, 5.41) is 4.47. The molecule has 0 bridgehead atoms. The quantitative estimate of drug-likeness (QED) is 0.720. The zero-order valence-electron chi connectivity index (χ0n) is 14.2. The van der Waals surface area contributed by atoms with E-state index < -0.39 is 0 Å². The van der Waals surface area contributed by atoms with Crippen LogP contribution in [0.15, 0.2) is 42.9 Å². The van der Waals surface area contributed by atoms with Crippen LogP contribution in [0.25, 0.3) is 17.0 Å². The number of nitrogens with zero attached hydrogens (tertiary/aromatic N) is 4. The van der Waals surface area contributed by atoms with Gasteiger partial charge in [-0.2, -0.15) is 5.10 Å². The second kappa shape index (κ2) is 5.97. The Bertz CT molecular complexity index is 873. The zero-order chi connectivity index (χ0) is 16.7. The molecule has 5 rings (SSSR count). The van der Waals surface area contributed by atoms with Crippen molar-refractivity contribution in [2.75, 3.05) is 19.8 Å². The Hall–Kier alpha value is -2.18. The van der Waals surface area contributed by atoms with E-state index in [1.54, 1.807) is 0 Å². The average molecular weight is 338 g/mol. The van der Waals surface area contributed by atoms with E-state index in [0.29, 0.717) is 6.04 Å². The number of hydrogen-bond acceptors (Lipinski definition) is 4. The highest BCUT2D eigenvalue weighted by Gasteiger charge is 2.40. The van der Waals surface area contributed by atoms with Gasteiger partial charge in [0.1, 0.15) is 5.69 Å². The molecule has 2 saturated heterocycles. The molecule has 2 aliphatic heterocycles. The van der Waals surface area contributed by atoms with E-state index in [1.807, 2.05) is 23.0 Å². The van der Waals surface area contributed by atoms with Crippen molar-refractivity contribution in [2.24, 2.45) is 0 Å². The molecule has 0 radical (unpaired) electrons. The first-order valence-electron chi connectivity index (χ1n) is 9.02. The van der Waals surface area contributed by atoms with Crippen molar-refractivity contribution >= 4 is 5.52 Å². The number of rotatable bonds is 2. The molecule has 0 aliphatic carbocycles. The van der Waals surface area contributed by atoms with E-state index in [0.717, 1.165) is 62.5 Å². The van der Waals surface area contributed by atoms with Gasteiger partial charge in [-0.15, -0.1) is 0 Å². The number of fused-ring (bicyclic) bond motifs is 1. The lowest BCUT2D eigenvalue weighted by Gasteiger charge is -2.43. The first-order valence-corrected chi connectivity index (χ1v) is 9.02. The molecule has 0 amide bonds. The van der Waals surface area contributed by atoms with Crippen molar-refractivity contribution in [2.45, 2.75) is 37.3 Å². The largest absolute Gasteiger partial charge is 0.381 e. The molecule has 1 unspecified atom stereocenters. The number of hydrogen-bond donors (Lipinski definition) is 0. The standard InChI is InChI=1S/C19H22N4O2/c1-2-15-4-8-21-23(15)17(3-1)18-20-9-10-22(18)16-5-11-25-19(14-16)6-12-24-13-7-19/h1-4,8-10,16H,5-7,11-14H2. The predicted molar refractivity (Wildman–Crippen MR) is 93.4 cm³/mol. The Balaban J connectivity index is 1.52. The molecule has 0 aromatic carbocycles. The third-order valence-electron chi connectivity index (χ3n) is 5.58. The Morgan fingerprint density at radius 2 is 2.00 bits per heavy atom. The molecule has 25 heavy (non-hydrogen) atoms. The normalized spacial score (nSPS) is 23.3. The fraction of sp³-hybridized carbons (Fsp3) is 0.474. The Morgan fingerprint density at radius 1 is 1.08 bits per heavy atom. The summed E-state index contributed by atoms with van der Waals surface area (Å²) in [6.07, 6.45) is 9.84. The van der Waals surface area contributed by atoms with Gasteiger partial charge < -0.3 is 14.0 Å². The molecule has 3 aromatic heterocycles. The van der Waals surface area contributed by atoms with Crippen LogP contribution in [0.1, 0.15) is 31.7 Å². The summed E-state index contributed by atoms with van der Waals surface area (Å²) < 4.78 is 16.0. The van der Waals surface area contributed by atoms with Crippen LogP contribution in [0.4, 0.5) is 0 Å². The van der Waals surface area contributed by atoms with E-state index >= 15 is 0 Å². The summed E-state index contributed by atoms with van der Waals surface area (Å²) >= 11 is 0. The van der Waals surface area contributed by atoms with Crippen molar-refractivity contribution < 1.29 is 9.47 Å². The molecule has 1 spiro atoms. The molecule has 0 N–H and O–H groups in total. The first-order chi connectivity index (χ1) is 12.3. The van der Waals surface area contributed by atoms with Gasteiger partial charge in [0.15, 0.2) is 5.82 Å². The van der Waals surface area contributed by atoms with Crippen LogP contribution in [0, 0.1) is 0 Å². The molecule has 0 saturated carbocycles. The third kappa shape index (κ3) is 2.56. The van der Waals surface area contributed by atoms with Crippen LogP contribution in [0.3, 0.4) is 0 Å². The van der Waals surface area contributed by atoms with E-state index in [-0.39, 0.29) is 5.60 Å². The van der Waals surface area contributed by atoms with Crippen LogP contribution in [0.5, 0.6) is 0 Å². The van der Waals surface area contributed by atoms with Crippen molar-refractivity contribution in [3.05, 3.63) is 42.9 Å². The summed E-state index contributed by atoms with van der Waals surface area (Å²) in [6, 6.07) is 8.63. The van der Waals surface area contributed by atoms with E-state index in [2.05, 4.69) is 39.0 Å². The van der Waals surface area contributed by atoms with Gasteiger partial charge in [-0.05, 0) is 43.9 Å². The lowest BCUT2D eigenvalue weighted by atomic mass is 9.84. The van der Waals surface area contributed by atoms with Crippen molar-refractivity contribution in [1.82, 2.24) is 19.2 Å². The minimum Gasteiger partial charge on any atom is -0.381 e. The van der Waals surface area contributed by atoms with E-state index in [1.165, 1.54) is 0 Å². The molecule has 2 aliphatic rings. The van der Waals surface area contributed by atoms with Crippen molar-refractivity contribution in [3.63, 3.8) is 0 Å². The SMILES string of the molecule is c1cc(-c2nccn2C2CCOC3(CCOCC3)C2)n2nccc2c1. The maximum Gasteiger partial charge on any atom is 0.158 e. The van der Waals surface area contributed by atoms with Gasteiger partial charge >= 0.3 is 0 Å². The highest BCUT2D eigenvalue weighted by molar-refractivity contribution is 5.59. The van der Waals surface area contributed by atoms with Gasteiger partial charge in [-0.25, -0.2) is 9.50 Å². The van der Waals surface area contributed by atoms with E-state index in [4.69, 9.17) is 9.47 Å². The number of imidazole rings is 1. The van der Waals surface area contributed by atoms with Gasteiger partial charge in [0.05, 0.1) is 17.3 Å². The summed E-state index contributed by atoms with van der Waals surface area (Å²) in [5.74, 6) is 0.975. The molecule has 3 aromatic rings. The molecule has 6 nitrogen and oxygen atoms in total. The number of aromatic nitrogens is 4. The van der Waals surface area contributed by atoms with Gasteiger partial charge in [0, 0.05) is 38.3 Å². The molecule has 130 valence electrons. The maximum atomic E-state index is 6.21. The van der Waals surface area contributed by atoms with E-state index in [9.17, 15) is 0 Å². The van der Waals surface area contributed by atoms with Crippen molar-refractivity contribution in [1.29, 1.82) is 0 Å². The second-order valence-electron chi connectivity index (χ2n) is 7.03. The average Bonchev–Trinajstić information content (AvgIpc) is 3.31. The monoisotopic (exact) mass is 338 g/mol. The molecule has 6 heteroatoms. The van der Waals surface area contributed by atoms with Gasteiger partial charge in [-0.1, -0.05) is 6.07 Å². The summed E-state index contributed by atoms with van der Waals surface area (Å²) in [4.78, 5) is 4.66. The fourth-order valence-electron chi connectivity index (χ4n) is 4.26. The Kier molecular flexibility index (Phi) is 3.60.